The van der Waals surface area contributed by atoms with Gasteiger partial charge in [-0.05, 0) is 0 Å². The molecular formula is C4H10N2O2. The molecule has 0 aromatic rings. The van der Waals surface area contributed by atoms with Crippen LogP contribution in [0.5, 0.6) is 0 Å². The lowest BCUT2D eigenvalue weighted by atomic mass is 10.8. The van der Waals surface area contributed by atoms with Gasteiger partial charge in [0.1, 0.15) is 12.4 Å². The SMILES string of the molecule is C[NH+]([O-])/C=C\[NH+](C)[O-]. The van der Waals surface area contributed by atoms with Gasteiger partial charge in [0, 0.05) is 0 Å². The minimum atomic E-state index is -0.0970. The molecular weight excluding hydrogens is 108 g/mol. The summed E-state index contributed by atoms with van der Waals surface area (Å²) < 4.78 is 0. The van der Waals surface area contributed by atoms with Gasteiger partial charge in [-0.2, -0.15) is 0 Å². The van der Waals surface area contributed by atoms with Crippen molar-refractivity contribution in [1.82, 2.24) is 0 Å². The molecule has 0 aromatic carbocycles. The normalized spacial score (nSPS) is 19.0. The maximum atomic E-state index is 10.1. The second-order valence-corrected chi connectivity index (χ2v) is 1.55. The summed E-state index contributed by atoms with van der Waals surface area (Å²) in [5.41, 5.74) is 0. The monoisotopic (exact) mass is 118 g/mol. The molecule has 0 saturated carbocycles. The Morgan fingerprint density at radius 3 is 1.38 bits per heavy atom. The van der Waals surface area contributed by atoms with E-state index in [4.69, 9.17) is 0 Å². The van der Waals surface area contributed by atoms with Crippen LogP contribution >= 0.6 is 0 Å². The first-order valence-electron chi connectivity index (χ1n) is 2.32. The van der Waals surface area contributed by atoms with E-state index in [1.54, 1.807) is 0 Å². The summed E-state index contributed by atoms with van der Waals surface area (Å²) in [6.45, 7) is 0. The molecule has 0 spiro atoms. The fourth-order valence-electron chi connectivity index (χ4n) is 0.235. The van der Waals surface area contributed by atoms with E-state index in [-0.39, 0.29) is 10.1 Å². The Morgan fingerprint density at radius 2 is 1.25 bits per heavy atom. The molecule has 4 nitrogen and oxygen atoms in total. The summed E-state index contributed by atoms with van der Waals surface area (Å²) in [5, 5.41) is 20.0. The zero-order valence-corrected chi connectivity index (χ0v) is 4.97. The topological polar surface area (TPSA) is 55.0 Å². The fourth-order valence-corrected chi connectivity index (χ4v) is 0.235. The Morgan fingerprint density at radius 1 is 1.00 bits per heavy atom. The summed E-state index contributed by atoms with van der Waals surface area (Å²) in [7, 11) is 2.80. The highest BCUT2D eigenvalue weighted by Crippen LogP contribution is 1.38. The van der Waals surface area contributed by atoms with Gasteiger partial charge in [-0.3, -0.25) is 0 Å². The van der Waals surface area contributed by atoms with Crippen molar-refractivity contribution in [2.24, 2.45) is 0 Å². The molecule has 4 heteroatoms. The third kappa shape index (κ3) is 5.58. The average Bonchev–Trinajstić information content (AvgIpc) is 1.61. The molecule has 2 N–H and O–H groups in total. The van der Waals surface area contributed by atoms with E-state index in [0.717, 1.165) is 0 Å². The zero-order chi connectivity index (χ0) is 6.57. The summed E-state index contributed by atoms with van der Waals surface area (Å²) in [6, 6.07) is 0. The highest BCUT2D eigenvalue weighted by molar-refractivity contribution is 4.54. The van der Waals surface area contributed by atoms with Gasteiger partial charge in [-0.1, -0.05) is 0 Å². The fraction of sp³-hybridized carbons (Fsp3) is 0.500. The van der Waals surface area contributed by atoms with Gasteiger partial charge < -0.3 is 20.5 Å². The van der Waals surface area contributed by atoms with Crippen molar-refractivity contribution in [1.29, 1.82) is 0 Å². The van der Waals surface area contributed by atoms with Crippen LogP contribution in [-0.4, -0.2) is 14.1 Å². The molecule has 0 amide bonds. The van der Waals surface area contributed by atoms with E-state index in [1.165, 1.54) is 26.5 Å². The van der Waals surface area contributed by atoms with Crippen LogP contribution in [0.3, 0.4) is 0 Å². The standard InChI is InChI=1S/C4H10N2O2/c1-5(7)3-4-6(2)8/h3-6H,1-2H3/b4-3-. The molecule has 0 aliphatic heterocycles. The molecule has 0 rings (SSSR count). The maximum absolute atomic E-state index is 10.1. The molecule has 0 aliphatic carbocycles. The van der Waals surface area contributed by atoms with Crippen molar-refractivity contribution in [3.63, 3.8) is 0 Å². The van der Waals surface area contributed by atoms with E-state index < -0.39 is 0 Å². The third-order valence-electron chi connectivity index (χ3n) is 0.553. The Balaban J connectivity index is 3.34. The maximum Gasteiger partial charge on any atom is 0.148 e. The van der Waals surface area contributed by atoms with Crippen molar-refractivity contribution in [3.8, 4) is 0 Å². The Labute approximate surface area is 48.2 Å². The van der Waals surface area contributed by atoms with Crippen LogP contribution < -0.4 is 10.1 Å². The Kier molecular flexibility index (Phi) is 3.38. The lowest BCUT2D eigenvalue weighted by molar-refractivity contribution is -0.799. The smallest absolute Gasteiger partial charge is 0.148 e. The van der Waals surface area contributed by atoms with Gasteiger partial charge in [0.05, 0.1) is 14.1 Å². The molecule has 0 fully saturated rings. The third-order valence-corrected chi connectivity index (χ3v) is 0.553. The van der Waals surface area contributed by atoms with E-state index in [9.17, 15) is 10.4 Å². The van der Waals surface area contributed by atoms with Crippen LogP contribution in [-0.2, 0) is 0 Å². The molecule has 0 bridgehead atoms. The van der Waals surface area contributed by atoms with Crippen LogP contribution in [0, 0.1) is 10.4 Å². The second kappa shape index (κ2) is 3.57. The van der Waals surface area contributed by atoms with E-state index in [0.29, 0.717) is 0 Å². The van der Waals surface area contributed by atoms with Gasteiger partial charge in [-0.25, -0.2) is 0 Å². The van der Waals surface area contributed by atoms with E-state index in [2.05, 4.69) is 0 Å². The molecule has 2 unspecified atom stereocenters. The number of quaternary nitrogens is 2. The first-order valence-corrected chi connectivity index (χ1v) is 2.32. The van der Waals surface area contributed by atoms with Crippen LogP contribution in [0.15, 0.2) is 12.4 Å². The minimum Gasteiger partial charge on any atom is -0.629 e. The predicted molar refractivity (Wildman–Crippen MR) is 29.6 cm³/mol. The van der Waals surface area contributed by atoms with Crippen LogP contribution in [0.25, 0.3) is 0 Å². The van der Waals surface area contributed by atoms with Crippen molar-refractivity contribution >= 4 is 0 Å². The lowest BCUT2D eigenvalue weighted by Crippen LogP contribution is -3.03. The van der Waals surface area contributed by atoms with Gasteiger partial charge in [0.2, 0.25) is 0 Å². The number of rotatable bonds is 2. The Bertz CT molecular complexity index is 70.1. The van der Waals surface area contributed by atoms with Gasteiger partial charge >= 0.3 is 0 Å². The van der Waals surface area contributed by atoms with Crippen LogP contribution in [0.2, 0.25) is 0 Å². The zero-order valence-electron chi connectivity index (χ0n) is 4.97. The van der Waals surface area contributed by atoms with Gasteiger partial charge in [-0.15, -0.1) is 0 Å². The molecule has 0 saturated heterocycles. The highest BCUT2D eigenvalue weighted by atomic mass is 16.5. The molecule has 0 heterocycles. The predicted octanol–water partition coefficient (Wildman–Crippen LogP) is -2.52. The Hall–Kier alpha value is -0.420. The first-order chi connectivity index (χ1) is 3.63. The summed E-state index contributed by atoms with van der Waals surface area (Å²) in [4.78, 5) is 0. The van der Waals surface area contributed by atoms with E-state index in [1.807, 2.05) is 0 Å². The molecule has 2 atom stereocenters. The molecule has 48 valence electrons. The van der Waals surface area contributed by atoms with Gasteiger partial charge in [0.25, 0.3) is 0 Å². The summed E-state index contributed by atoms with van der Waals surface area (Å²) >= 11 is 0. The van der Waals surface area contributed by atoms with Crippen LogP contribution in [0.1, 0.15) is 0 Å². The summed E-state index contributed by atoms with van der Waals surface area (Å²) in [6.07, 6.45) is 2.50. The second-order valence-electron chi connectivity index (χ2n) is 1.55. The number of hydroxylamine groups is 4. The van der Waals surface area contributed by atoms with Crippen molar-refractivity contribution in [2.75, 3.05) is 14.1 Å². The highest BCUT2D eigenvalue weighted by Gasteiger charge is 1.77. The molecule has 0 aromatic heterocycles. The van der Waals surface area contributed by atoms with Crippen molar-refractivity contribution in [2.45, 2.75) is 0 Å². The largest absolute Gasteiger partial charge is 0.629 e. The molecule has 0 radical (unpaired) electrons. The molecule has 8 heavy (non-hydrogen) atoms. The number of hydrogen-bond donors (Lipinski definition) is 2. The lowest BCUT2D eigenvalue weighted by Gasteiger charge is -2.12. The van der Waals surface area contributed by atoms with Crippen molar-refractivity contribution < 1.29 is 10.1 Å². The van der Waals surface area contributed by atoms with Gasteiger partial charge in [0.15, 0.2) is 0 Å². The minimum absolute atomic E-state index is 0.0970. The van der Waals surface area contributed by atoms with Crippen LogP contribution in [0.4, 0.5) is 0 Å². The number of nitrogens with one attached hydrogen (secondary N) is 2. The first kappa shape index (κ1) is 7.58. The quantitative estimate of drug-likeness (QED) is 0.393. The number of hydrogen-bond acceptors (Lipinski definition) is 2. The van der Waals surface area contributed by atoms with Crippen molar-refractivity contribution in [3.05, 3.63) is 22.8 Å². The molecule has 0 aliphatic rings. The summed E-state index contributed by atoms with van der Waals surface area (Å²) in [5.74, 6) is 0. The van der Waals surface area contributed by atoms with E-state index >= 15 is 0 Å². The average molecular weight is 118 g/mol.